The highest BCUT2D eigenvalue weighted by molar-refractivity contribution is 7.43. The van der Waals surface area contributed by atoms with Gasteiger partial charge in [-0.25, -0.2) is 4.79 Å². The van der Waals surface area contributed by atoms with Crippen LogP contribution in [-0.2, 0) is 25.7 Å². The molecule has 0 spiro atoms. The quantitative estimate of drug-likeness (QED) is 0.343. The molecule has 7 nitrogen and oxygen atoms in total. The molecule has 36 heavy (non-hydrogen) atoms. The van der Waals surface area contributed by atoms with E-state index in [4.69, 9.17) is 4.74 Å². The number of phosphoric acid groups is 1. The van der Waals surface area contributed by atoms with Crippen molar-refractivity contribution in [2.24, 2.45) is 22.7 Å². The van der Waals surface area contributed by atoms with Crippen molar-refractivity contribution < 1.29 is 28.4 Å². The Morgan fingerprint density at radius 1 is 1.06 bits per heavy atom. The molecule has 3 unspecified atom stereocenters. The van der Waals surface area contributed by atoms with Crippen molar-refractivity contribution in [3.8, 4) is 5.75 Å². The molecule has 202 valence electrons. The number of ether oxygens (including phenoxy) is 1. The minimum atomic E-state index is -5.19. The number of nitrogens with one attached hydrogen (secondary N) is 1. The highest BCUT2D eigenvalue weighted by atomic mass is 31.2. The van der Waals surface area contributed by atoms with E-state index in [1.807, 2.05) is 13.8 Å². The highest BCUT2D eigenvalue weighted by Gasteiger charge is 2.61. The number of hydrogen-bond acceptors (Lipinski definition) is 7. The number of hydrogen-bond donors (Lipinski definition) is 1. The first-order valence-electron chi connectivity index (χ1n) is 13.3. The van der Waals surface area contributed by atoms with Crippen LogP contribution < -0.4 is 19.8 Å². The zero-order valence-electron chi connectivity index (χ0n) is 23.1. The van der Waals surface area contributed by atoms with E-state index in [1.54, 1.807) is 0 Å². The Labute approximate surface area is 216 Å². The summed E-state index contributed by atoms with van der Waals surface area (Å²) in [6, 6.07) is -1.07. The van der Waals surface area contributed by atoms with Gasteiger partial charge in [-0.05, 0) is 116 Å². The number of rotatable bonds is 6. The Kier molecular flexibility index (Phi) is 7.10. The van der Waals surface area contributed by atoms with E-state index >= 15 is 0 Å². The van der Waals surface area contributed by atoms with E-state index in [-0.39, 0.29) is 10.8 Å². The molecule has 3 aliphatic rings. The maximum atomic E-state index is 12.9. The zero-order valence-corrected chi connectivity index (χ0v) is 24.0. The Balaban J connectivity index is 1.70. The first-order valence-corrected chi connectivity index (χ1v) is 14.7. The second-order valence-electron chi connectivity index (χ2n) is 12.7. The molecule has 0 heterocycles. The first-order chi connectivity index (χ1) is 16.6. The van der Waals surface area contributed by atoms with Crippen molar-refractivity contribution in [3.05, 3.63) is 27.8 Å². The van der Waals surface area contributed by atoms with E-state index in [1.165, 1.54) is 55.8 Å². The Hall–Kier alpha value is -1.24. The van der Waals surface area contributed by atoms with E-state index in [0.717, 1.165) is 17.5 Å². The second-order valence-corrected chi connectivity index (χ2v) is 13.8. The SMILES string of the molecule is CNC(COP(=O)([O-])[O-])C(=O)Oc1c(C)c(C)c2c(c1C)C[C@H]1C2(C)CCC2C(C)(C)CCC[C@@]21C. The van der Waals surface area contributed by atoms with E-state index in [0.29, 0.717) is 23.0 Å². The summed E-state index contributed by atoms with van der Waals surface area (Å²) >= 11 is 0. The van der Waals surface area contributed by atoms with Gasteiger partial charge in [-0.3, -0.25) is 0 Å². The van der Waals surface area contributed by atoms with Crippen molar-refractivity contribution in [1.82, 2.24) is 5.32 Å². The number of carbonyl (C=O) groups excluding carboxylic acids is 1. The minimum absolute atomic E-state index is 0.0981. The van der Waals surface area contributed by atoms with Crippen molar-refractivity contribution >= 4 is 13.8 Å². The van der Waals surface area contributed by atoms with Crippen molar-refractivity contribution in [2.75, 3.05) is 13.7 Å². The number of fused-ring (bicyclic) bond motifs is 5. The monoisotopic (exact) mass is 519 g/mol. The first kappa shape index (κ1) is 27.8. The molecule has 8 heteroatoms. The molecule has 4 rings (SSSR count). The summed E-state index contributed by atoms with van der Waals surface area (Å²) in [6.45, 7) is 15.5. The Morgan fingerprint density at radius 3 is 2.33 bits per heavy atom. The number of carbonyl (C=O) groups is 1. The molecule has 5 atom stereocenters. The molecule has 3 aliphatic carbocycles. The van der Waals surface area contributed by atoms with Crippen LogP contribution in [0.15, 0.2) is 0 Å². The number of phosphoric ester groups is 1. The molecule has 1 N–H and O–H groups in total. The van der Waals surface area contributed by atoms with Crippen molar-refractivity contribution in [2.45, 2.75) is 98.4 Å². The summed E-state index contributed by atoms with van der Waals surface area (Å²) in [4.78, 5) is 34.7. The third-order valence-corrected chi connectivity index (χ3v) is 10.8. The second kappa shape index (κ2) is 9.20. The van der Waals surface area contributed by atoms with Crippen LogP contribution in [0, 0.1) is 43.4 Å². The summed E-state index contributed by atoms with van der Waals surface area (Å²) in [6.07, 6.45) is 7.25. The van der Waals surface area contributed by atoms with E-state index in [2.05, 4.69) is 44.5 Å². The van der Waals surface area contributed by atoms with Gasteiger partial charge in [0.2, 0.25) is 0 Å². The normalized spacial score (nSPS) is 31.8. The molecule has 0 bridgehead atoms. The molecule has 1 aromatic rings. The smallest absolute Gasteiger partial charge is 0.330 e. The summed E-state index contributed by atoms with van der Waals surface area (Å²) in [5.41, 5.74) is 6.58. The molecule has 0 aliphatic heterocycles. The van der Waals surface area contributed by atoms with Gasteiger partial charge in [0.05, 0.1) is 14.4 Å². The molecule has 2 saturated carbocycles. The zero-order chi connectivity index (χ0) is 26.8. The number of likely N-dealkylation sites (N-methyl/N-ethyl adjacent to an activating group) is 1. The van der Waals surface area contributed by atoms with Crippen LogP contribution in [0.25, 0.3) is 0 Å². The van der Waals surface area contributed by atoms with Crippen LogP contribution in [0.5, 0.6) is 5.75 Å². The molecule has 0 aromatic heterocycles. The van der Waals surface area contributed by atoms with Crippen LogP contribution in [-0.4, -0.2) is 25.7 Å². The number of esters is 1. The van der Waals surface area contributed by atoms with Gasteiger partial charge in [0, 0.05) is 0 Å². The summed E-state index contributed by atoms with van der Waals surface area (Å²) in [7, 11) is -3.69. The van der Waals surface area contributed by atoms with Gasteiger partial charge in [-0.15, -0.1) is 0 Å². The van der Waals surface area contributed by atoms with Crippen molar-refractivity contribution in [1.29, 1.82) is 0 Å². The molecule has 0 radical (unpaired) electrons. The van der Waals surface area contributed by atoms with Gasteiger partial charge in [0.25, 0.3) is 0 Å². The number of benzene rings is 1. The summed E-state index contributed by atoms with van der Waals surface area (Å²) in [5.74, 6) is 1.12. The van der Waals surface area contributed by atoms with Crippen molar-refractivity contribution in [3.63, 3.8) is 0 Å². The molecular formula is C28H42NO6P-2. The standard InChI is InChI=1S/C28H44NO6P/c1-16-17(2)24(35-25(30)20(29-8)15-34-36(31,32)33)18(3)19-14-22-27(6)12-9-11-26(4,5)21(27)10-13-28(22,7)23(16)19/h20-22,29H,9-15H2,1-8H3,(H2,31,32,33)/p-2/t20?,21?,22-,27+,28?/m1/s1. The lowest BCUT2D eigenvalue weighted by molar-refractivity contribution is -0.341. The van der Waals surface area contributed by atoms with E-state index in [9.17, 15) is 19.1 Å². The Bertz CT molecular complexity index is 1110. The van der Waals surface area contributed by atoms with Gasteiger partial charge < -0.3 is 28.9 Å². The highest BCUT2D eigenvalue weighted by Crippen LogP contribution is 2.68. The van der Waals surface area contributed by atoms with Gasteiger partial charge in [0.1, 0.15) is 11.8 Å². The average molecular weight is 520 g/mol. The van der Waals surface area contributed by atoms with Crippen LogP contribution in [0.1, 0.15) is 87.6 Å². The predicted octanol–water partition coefficient (Wildman–Crippen LogP) is 4.01. The fourth-order valence-electron chi connectivity index (χ4n) is 8.59. The minimum Gasteiger partial charge on any atom is -0.790 e. The van der Waals surface area contributed by atoms with Gasteiger partial charge in [0.15, 0.2) is 0 Å². The third-order valence-electron chi connectivity index (χ3n) is 10.4. The third kappa shape index (κ3) is 4.39. The van der Waals surface area contributed by atoms with Crippen LogP contribution in [0.4, 0.5) is 0 Å². The average Bonchev–Trinajstić information content (AvgIpc) is 3.09. The lowest BCUT2D eigenvalue weighted by Crippen LogP contribution is -2.55. The Morgan fingerprint density at radius 2 is 1.72 bits per heavy atom. The lowest BCUT2D eigenvalue weighted by atomic mass is 9.43. The molecule has 0 amide bonds. The molecule has 0 saturated heterocycles. The lowest BCUT2D eigenvalue weighted by Gasteiger charge is -2.61. The predicted molar refractivity (Wildman–Crippen MR) is 136 cm³/mol. The molecule has 2 fully saturated rings. The van der Waals surface area contributed by atoms with Gasteiger partial charge >= 0.3 is 5.97 Å². The summed E-state index contributed by atoms with van der Waals surface area (Å²) in [5, 5.41) is 2.69. The fourth-order valence-corrected chi connectivity index (χ4v) is 8.92. The van der Waals surface area contributed by atoms with Crippen LogP contribution >= 0.6 is 7.82 Å². The fraction of sp³-hybridized carbons (Fsp3) is 0.750. The maximum Gasteiger partial charge on any atom is 0.330 e. The largest absolute Gasteiger partial charge is 0.790 e. The van der Waals surface area contributed by atoms with E-state index < -0.39 is 26.4 Å². The topological polar surface area (TPSA) is 111 Å². The molecule has 1 aromatic carbocycles. The van der Waals surface area contributed by atoms with Crippen LogP contribution in [0.3, 0.4) is 0 Å². The van der Waals surface area contributed by atoms with Crippen LogP contribution in [0.2, 0.25) is 0 Å². The molecular weight excluding hydrogens is 477 g/mol. The van der Waals surface area contributed by atoms with Gasteiger partial charge in [-0.2, -0.15) is 0 Å². The van der Waals surface area contributed by atoms with Gasteiger partial charge in [-0.1, -0.05) is 34.1 Å². The summed E-state index contributed by atoms with van der Waals surface area (Å²) < 4.78 is 21.1. The maximum absolute atomic E-state index is 12.9.